The molecule has 0 radical (unpaired) electrons. The summed E-state index contributed by atoms with van der Waals surface area (Å²) in [6.07, 6.45) is 0. The first-order valence-electron chi connectivity index (χ1n) is 7.29. The van der Waals surface area contributed by atoms with E-state index in [1.54, 1.807) is 19.2 Å². The third-order valence-corrected chi connectivity index (χ3v) is 4.91. The minimum Gasteiger partial charge on any atom is -0.495 e. The molecule has 0 spiro atoms. The molecule has 3 nitrogen and oxygen atoms in total. The summed E-state index contributed by atoms with van der Waals surface area (Å²) in [4.78, 5) is 0. The van der Waals surface area contributed by atoms with Crippen LogP contribution >= 0.6 is 47.2 Å². The molecule has 0 saturated carbocycles. The zero-order valence-electron chi connectivity index (χ0n) is 13.1. The Labute approximate surface area is 162 Å². The second-order valence-electron chi connectivity index (χ2n) is 4.91. The highest BCUT2D eigenvalue weighted by Gasteiger charge is 2.03. The van der Waals surface area contributed by atoms with Gasteiger partial charge in [0.15, 0.2) is 5.11 Å². The van der Waals surface area contributed by atoms with Gasteiger partial charge < -0.3 is 15.4 Å². The van der Waals surface area contributed by atoms with Crippen LogP contribution in [0.3, 0.4) is 0 Å². The van der Waals surface area contributed by atoms with Crippen molar-refractivity contribution in [1.82, 2.24) is 5.32 Å². The lowest BCUT2D eigenvalue weighted by atomic mass is 10.2. The lowest BCUT2D eigenvalue weighted by molar-refractivity contribution is 0.415. The van der Waals surface area contributed by atoms with Crippen molar-refractivity contribution in [2.45, 2.75) is 5.75 Å². The molecule has 0 saturated heterocycles. The monoisotopic (exact) mass is 400 g/mol. The van der Waals surface area contributed by atoms with Gasteiger partial charge in [0.25, 0.3) is 0 Å². The summed E-state index contributed by atoms with van der Waals surface area (Å²) in [6, 6.07) is 13.4. The molecule has 0 aromatic heterocycles. The summed E-state index contributed by atoms with van der Waals surface area (Å²) in [7, 11) is 1.58. The van der Waals surface area contributed by atoms with Gasteiger partial charge in [-0.05, 0) is 48.1 Å². The molecule has 2 aromatic rings. The molecular formula is C17H18Cl2N2OS2. The standard InChI is InChI=1S/C17H18Cl2N2OS2/c1-22-16-6-5-14(10-15(16)19)21-17(23)20-7-8-24-11-12-3-2-4-13(18)9-12/h2-6,9-10H,7-8,11H2,1H3,(H2,20,21,23). The Morgan fingerprint density at radius 1 is 1.21 bits per heavy atom. The number of anilines is 1. The van der Waals surface area contributed by atoms with Crippen LogP contribution < -0.4 is 15.4 Å². The molecule has 0 amide bonds. The van der Waals surface area contributed by atoms with Crippen LogP contribution in [-0.4, -0.2) is 24.5 Å². The molecule has 0 bridgehead atoms. The number of hydrogen-bond acceptors (Lipinski definition) is 3. The van der Waals surface area contributed by atoms with E-state index in [1.807, 2.05) is 36.0 Å². The predicted octanol–water partition coefficient (Wildman–Crippen LogP) is 5.22. The Balaban J connectivity index is 1.67. The van der Waals surface area contributed by atoms with Crippen molar-refractivity contribution in [2.75, 3.05) is 24.7 Å². The first-order valence-corrected chi connectivity index (χ1v) is 9.61. The van der Waals surface area contributed by atoms with Gasteiger partial charge in [-0.15, -0.1) is 0 Å². The maximum Gasteiger partial charge on any atom is 0.170 e. The van der Waals surface area contributed by atoms with Gasteiger partial charge in [0.05, 0.1) is 12.1 Å². The molecule has 0 fully saturated rings. The molecule has 0 heterocycles. The fourth-order valence-corrected chi connectivity index (χ4v) is 3.47. The fraction of sp³-hybridized carbons (Fsp3) is 0.235. The van der Waals surface area contributed by atoms with Crippen molar-refractivity contribution in [3.8, 4) is 5.75 Å². The van der Waals surface area contributed by atoms with Crippen LogP contribution in [0.25, 0.3) is 0 Å². The van der Waals surface area contributed by atoms with Crippen molar-refractivity contribution in [3.63, 3.8) is 0 Å². The van der Waals surface area contributed by atoms with E-state index in [0.717, 1.165) is 28.8 Å². The maximum atomic E-state index is 6.09. The number of nitrogens with one attached hydrogen (secondary N) is 2. The van der Waals surface area contributed by atoms with Crippen LogP contribution in [0.4, 0.5) is 5.69 Å². The Hall–Kier alpha value is -1.14. The SMILES string of the molecule is COc1ccc(NC(=S)NCCSCc2cccc(Cl)c2)cc1Cl. The molecule has 0 aliphatic heterocycles. The molecule has 128 valence electrons. The molecule has 2 N–H and O–H groups in total. The van der Waals surface area contributed by atoms with E-state index in [2.05, 4.69) is 16.7 Å². The molecule has 24 heavy (non-hydrogen) atoms. The molecular weight excluding hydrogens is 383 g/mol. The van der Waals surface area contributed by atoms with Crippen LogP contribution in [0, 0.1) is 0 Å². The minimum absolute atomic E-state index is 0.544. The van der Waals surface area contributed by atoms with Crippen LogP contribution in [0.5, 0.6) is 5.75 Å². The number of benzene rings is 2. The van der Waals surface area contributed by atoms with E-state index in [4.69, 9.17) is 40.2 Å². The van der Waals surface area contributed by atoms with E-state index >= 15 is 0 Å². The maximum absolute atomic E-state index is 6.09. The Morgan fingerprint density at radius 2 is 2.04 bits per heavy atom. The summed E-state index contributed by atoms with van der Waals surface area (Å²) in [5.74, 6) is 2.51. The zero-order chi connectivity index (χ0) is 17.4. The van der Waals surface area contributed by atoms with E-state index in [9.17, 15) is 0 Å². The van der Waals surface area contributed by atoms with Gasteiger partial charge in [-0.1, -0.05) is 35.3 Å². The van der Waals surface area contributed by atoms with Gasteiger partial charge in [-0.3, -0.25) is 0 Å². The van der Waals surface area contributed by atoms with Crippen molar-refractivity contribution in [1.29, 1.82) is 0 Å². The topological polar surface area (TPSA) is 33.3 Å². The summed E-state index contributed by atoms with van der Waals surface area (Å²) >= 11 is 19.2. The first kappa shape index (κ1) is 19.2. The first-order chi connectivity index (χ1) is 11.6. The Kier molecular flexibility index (Phi) is 7.99. The average Bonchev–Trinajstić information content (AvgIpc) is 2.55. The number of halogens is 2. The van der Waals surface area contributed by atoms with Crippen molar-refractivity contribution < 1.29 is 4.74 Å². The summed E-state index contributed by atoms with van der Waals surface area (Å²) in [5.41, 5.74) is 2.05. The molecule has 7 heteroatoms. The smallest absolute Gasteiger partial charge is 0.170 e. The quantitative estimate of drug-likeness (QED) is 0.491. The van der Waals surface area contributed by atoms with Gasteiger partial charge in [0.1, 0.15) is 5.75 Å². The molecule has 0 unspecified atom stereocenters. The van der Waals surface area contributed by atoms with Crippen molar-refractivity contribution >= 4 is 58.0 Å². The van der Waals surface area contributed by atoms with Crippen molar-refractivity contribution in [2.24, 2.45) is 0 Å². The number of thioether (sulfide) groups is 1. The third kappa shape index (κ3) is 6.40. The second-order valence-corrected chi connectivity index (χ2v) is 7.27. The molecule has 0 atom stereocenters. The average molecular weight is 401 g/mol. The highest BCUT2D eigenvalue weighted by atomic mass is 35.5. The van der Waals surface area contributed by atoms with Crippen LogP contribution in [0.2, 0.25) is 10.0 Å². The van der Waals surface area contributed by atoms with Gasteiger partial charge in [0.2, 0.25) is 0 Å². The fourth-order valence-electron chi connectivity index (χ4n) is 1.97. The Bertz CT molecular complexity index is 698. The number of methoxy groups -OCH3 is 1. The lowest BCUT2D eigenvalue weighted by Crippen LogP contribution is -2.30. The predicted molar refractivity (Wildman–Crippen MR) is 110 cm³/mol. The van der Waals surface area contributed by atoms with Crippen LogP contribution in [0.1, 0.15) is 5.56 Å². The van der Waals surface area contributed by atoms with Gasteiger partial charge >= 0.3 is 0 Å². The molecule has 0 aliphatic carbocycles. The van der Waals surface area contributed by atoms with E-state index < -0.39 is 0 Å². The largest absolute Gasteiger partial charge is 0.495 e. The second kappa shape index (κ2) is 9.99. The molecule has 2 aromatic carbocycles. The van der Waals surface area contributed by atoms with Gasteiger partial charge in [-0.2, -0.15) is 11.8 Å². The summed E-state index contributed by atoms with van der Waals surface area (Å²) in [5, 5.41) is 8.17. The number of ether oxygens (including phenoxy) is 1. The van der Waals surface area contributed by atoms with Gasteiger partial charge in [0, 0.05) is 28.8 Å². The Morgan fingerprint density at radius 3 is 2.75 bits per heavy atom. The third-order valence-electron chi connectivity index (χ3n) is 3.10. The van der Waals surface area contributed by atoms with Gasteiger partial charge in [-0.25, -0.2) is 0 Å². The van der Waals surface area contributed by atoms with E-state index in [-0.39, 0.29) is 0 Å². The number of thiocarbonyl (C=S) groups is 1. The van der Waals surface area contributed by atoms with Crippen LogP contribution in [0.15, 0.2) is 42.5 Å². The normalized spacial score (nSPS) is 10.3. The highest BCUT2D eigenvalue weighted by Crippen LogP contribution is 2.27. The zero-order valence-corrected chi connectivity index (χ0v) is 16.3. The molecule has 0 aliphatic rings. The summed E-state index contributed by atoms with van der Waals surface area (Å²) < 4.78 is 5.12. The number of rotatable bonds is 7. The highest BCUT2D eigenvalue weighted by molar-refractivity contribution is 7.98. The summed E-state index contributed by atoms with van der Waals surface area (Å²) in [6.45, 7) is 0.779. The van der Waals surface area contributed by atoms with Crippen molar-refractivity contribution in [3.05, 3.63) is 58.1 Å². The lowest BCUT2D eigenvalue weighted by Gasteiger charge is -2.11. The van der Waals surface area contributed by atoms with Crippen LogP contribution in [-0.2, 0) is 5.75 Å². The number of hydrogen-bond donors (Lipinski definition) is 2. The van der Waals surface area contributed by atoms with E-state index in [1.165, 1.54) is 5.56 Å². The molecule has 2 rings (SSSR count). The minimum atomic E-state index is 0.544. The van der Waals surface area contributed by atoms with E-state index in [0.29, 0.717) is 15.9 Å².